The van der Waals surface area contributed by atoms with E-state index in [1.165, 1.54) is 0 Å². The molecule has 14 heavy (non-hydrogen) atoms. The summed E-state index contributed by atoms with van der Waals surface area (Å²) >= 11 is 0. The van der Waals surface area contributed by atoms with Gasteiger partial charge in [-0.3, -0.25) is 13.9 Å². The van der Waals surface area contributed by atoms with Crippen molar-refractivity contribution in [2.24, 2.45) is 5.73 Å². The molecule has 82 valence electrons. The number of rotatable bonds is 4. The highest BCUT2D eigenvalue weighted by Gasteiger charge is 2.20. The van der Waals surface area contributed by atoms with Crippen molar-refractivity contribution < 1.29 is 9.00 Å². The molecule has 3 N–H and O–H groups in total. The molecule has 0 spiro atoms. The van der Waals surface area contributed by atoms with Gasteiger partial charge in [-0.15, -0.1) is 0 Å². The molecule has 5 nitrogen and oxygen atoms in total. The number of amides is 1. The van der Waals surface area contributed by atoms with Crippen molar-refractivity contribution >= 4 is 16.7 Å². The lowest BCUT2D eigenvalue weighted by Crippen LogP contribution is -2.50. The van der Waals surface area contributed by atoms with Gasteiger partial charge >= 0.3 is 0 Å². The minimum atomic E-state index is -0.667. The number of nitrogens with two attached hydrogens (primary N) is 1. The molecule has 0 radical (unpaired) electrons. The zero-order valence-corrected chi connectivity index (χ0v) is 9.18. The van der Waals surface area contributed by atoms with Crippen molar-refractivity contribution in [3.05, 3.63) is 0 Å². The highest BCUT2D eigenvalue weighted by atomic mass is 32.2. The van der Waals surface area contributed by atoms with Crippen LogP contribution in [0.5, 0.6) is 0 Å². The molecule has 0 aromatic carbocycles. The Morgan fingerprint density at radius 3 is 2.57 bits per heavy atom. The van der Waals surface area contributed by atoms with E-state index in [-0.39, 0.29) is 11.9 Å². The maximum Gasteiger partial charge on any atom is 0.235 e. The topological polar surface area (TPSA) is 75.4 Å². The second kappa shape index (κ2) is 5.43. The van der Waals surface area contributed by atoms with Crippen LogP contribution in [0, 0.1) is 0 Å². The number of hydrogen-bond acceptors (Lipinski definition) is 4. The van der Waals surface area contributed by atoms with Crippen molar-refractivity contribution in [2.75, 3.05) is 38.2 Å². The van der Waals surface area contributed by atoms with Gasteiger partial charge in [-0.1, -0.05) is 0 Å². The van der Waals surface area contributed by atoms with E-state index in [0.717, 1.165) is 13.1 Å². The number of likely N-dealkylation sites (N-methyl/N-ethyl adjacent to an activating group) is 1. The quantitative estimate of drug-likeness (QED) is 0.580. The summed E-state index contributed by atoms with van der Waals surface area (Å²) in [6, 6.07) is -0.304. The number of primary amides is 1. The molecule has 1 saturated heterocycles. The van der Waals surface area contributed by atoms with Crippen LogP contribution in [0.25, 0.3) is 0 Å². The first-order valence-electron chi connectivity index (χ1n) is 4.67. The summed E-state index contributed by atoms with van der Waals surface area (Å²) in [5.74, 6) is 1.07. The summed E-state index contributed by atoms with van der Waals surface area (Å²) in [7, 11) is 1.05. The van der Waals surface area contributed by atoms with E-state index in [1.807, 2.05) is 0 Å². The van der Waals surface area contributed by atoms with Gasteiger partial charge in [0.2, 0.25) is 5.91 Å². The van der Waals surface area contributed by atoms with Gasteiger partial charge in [-0.05, 0) is 7.05 Å². The van der Waals surface area contributed by atoms with E-state index in [2.05, 4.69) is 10.2 Å². The molecule has 0 aromatic rings. The molecule has 6 heteroatoms. The maximum atomic E-state index is 11.1. The molecule has 1 aliphatic rings. The minimum Gasteiger partial charge on any atom is -0.368 e. The van der Waals surface area contributed by atoms with E-state index < -0.39 is 10.8 Å². The largest absolute Gasteiger partial charge is 0.368 e. The standard InChI is InChI=1S/C8H17N3O2S/c1-10-7(8(9)12)6-11-2-4-14(13)5-3-11/h7,10H,2-6H2,1H3,(H2,9,12). The molecule has 0 bridgehead atoms. The van der Waals surface area contributed by atoms with Crippen molar-refractivity contribution in [2.45, 2.75) is 6.04 Å². The Kier molecular flexibility index (Phi) is 4.50. The van der Waals surface area contributed by atoms with E-state index in [4.69, 9.17) is 5.73 Å². The SMILES string of the molecule is CNC(CN1CCS(=O)CC1)C(N)=O. The predicted octanol–water partition coefficient (Wildman–Crippen LogP) is -1.88. The Labute approximate surface area is 86.5 Å². The third kappa shape index (κ3) is 3.36. The van der Waals surface area contributed by atoms with Crippen molar-refractivity contribution in [1.29, 1.82) is 0 Å². The first kappa shape index (κ1) is 11.6. The van der Waals surface area contributed by atoms with Crippen LogP contribution in [-0.4, -0.2) is 59.2 Å². The number of carbonyl (C=O) groups is 1. The summed E-state index contributed by atoms with van der Waals surface area (Å²) in [6.45, 7) is 2.19. The summed E-state index contributed by atoms with van der Waals surface area (Å²) in [4.78, 5) is 13.1. The van der Waals surface area contributed by atoms with Crippen LogP contribution >= 0.6 is 0 Å². The molecule has 0 aromatic heterocycles. The van der Waals surface area contributed by atoms with Gasteiger partial charge in [-0.2, -0.15) is 0 Å². The monoisotopic (exact) mass is 219 g/mol. The lowest BCUT2D eigenvalue weighted by molar-refractivity contribution is -0.120. The molecule has 1 unspecified atom stereocenters. The Hall–Kier alpha value is -0.460. The lowest BCUT2D eigenvalue weighted by Gasteiger charge is -2.28. The number of hydrogen-bond donors (Lipinski definition) is 2. The maximum absolute atomic E-state index is 11.1. The van der Waals surface area contributed by atoms with Crippen LogP contribution < -0.4 is 11.1 Å². The fourth-order valence-corrected chi connectivity index (χ4v) is 2.57. The zero-order valence-electron chi connectivity index (χ0n) is 8.36. The Bertz CT molecular complexity index is 225. The smallest absolute Gasteiger partial charge is 0.235 e. The highest BCUT2D eigenvalue weighted by Crippen LogP contribution is 2.00. The van der Waals surface area contributed by atoms with E-state index in [9.17, 15) is 9.00 Å². The Balaban J connectivity index is 2.36. The average molecular weight is 219 g/mol. The number of nitrogens with zero attached hydrogens (tertiary/aromatic N) is 1. The van der Waals surface area contributed by atoms with Crippen LogP contribution in [0.3, 0.4) is 0 Å². The van der Waals surface area contributed by atoms with Crippen molar-refractivity contribution in [3.8, 4) is 0 Å². The zero-order chi connectivity index (χ0) is 10.6. The second-order valence-corrected chi connectivity index (χ2v) is 5.09. The highest BCUT2D eigenvalue weighted by molar-refractivity contribution is 7.85. The van der Waals surface area contributed by atoms with E-state index >= 15 is 0 Å². The molecule has 1 rings (SSSR count). The summed E-state index contributed by atoms with van der Waals surface area (Å²) in [5, 5.41) is 2.87. The van der Waals surface area contributed by atoms with Gasteiger partial charge in [0, 0.05) is 41.9 Å². The van der Waals surface area contributed by atoms with Gasteiger partial charge in [0.05, 0.1) is 6.04 Å². The van der Waals surface area contributed by atoms with Crippen LogP contribution in [0.1, 0.15) is 0 Å². The Morgan fingerprint density at radius 1 is 1.57 bits per heavy atom. The van der Waals surface area contributed by atoms with Gasteiger partial charge in [-0.25, -0.2) is 0 Å². The summed E-state index contributed by atoms with van der Waals surface area (Å²) in [5.41, 5.74) is 5.20. The van der Waals surface area contributed by atoms with Crippen LogP contribution in [0.15, 0.2) is 0 Å². The molecular formula is C8H17N3O2S. The Morgan fingerprint density at radius 2 is 2.14 bits per heavy atom. The summed E-state index contributed by atoms with van der Waals surface area (Å²) in [6.07, 6.45) is 0. The third-order valence-electron chi connectivity index (χ3n) is 2.40. The number of nitrogens with one attached hydrogen (secondary N) is 1. The average Bonchev–Trinajstić information content (AvgIpc) is 2.16. The predicted molar refractivity (Wildman–Crippen MR) is 56.4 cm³/mol. The van der Waals surface area contributed by atoms with Crippen molar-refractivity contribution in [1.82, 2.24) is 10.2 Å². The first-order valence-corrected chi connectivity index (χ1v) is 6.16. The van der Waals surface area contributed by atoms with E-state index in [1.54, 1.807) is 7.05 Å². The fraction of sp³-hybridized carbons (Fsp3) is 0.875. The second-order valence-electron chi connectivity index (χ2n) is 3.39. The first-order chi connectivity index (χ1) is 6.63. The summed E-state index contributed by atoms with van der Waals surface area (Å²) < 4.78 is 11.1. The normalized spacial score (nSPS) is 22.1. The molecule has 0 saturated carbocycles. The molecule has 1 amide bonds. The molecule has 1 heterocycles. The van der Waals surface area contributed by atoms with Crippen LogP contribution in [0.4, 0.5) is 0 Å². The van der Waals surface area contributed by atoms with E-state index in [0.29, 0.717) is 18.1 Å². The van der Waals surface area contributed by atoms with Crippen LogP contribution in [0.2, 0.25) is 0 Å². The third-order valence-corrected chi connectivity index (χ3v) is 3.68. The number of carbonyl (C=O) groups excluding carboxylic acids is 1. The molecule has 0 aliphatic carbocycles. The van der Waals surface area contributed by atoms with Crippen molar-refractivity contribution in [3.63, 3.8) is 0 Å². The van der Waals surface area contributed by atoms with Gasteiger partial charge in [0.25, 0.3) is 0 Å². The molecular weight excluding hydrogens is 202 g/mol. The van der Waals surface area contributed by atoms with Gasteiger partial charge in [0.15, 0.2) is 0 Å². The van der Waals surface area contributed by atoms with Gasteiger partial charge < -0.3 is 11.1 Å². The van der Waals surface area contributed by atoms with Gasteiger partial charge in [0.1, 0.15) is 0 Å². The molecule has 1 fully saturated rings. The minimum absolute atomic E-state index is 0.304. The van der Waals surface area contributed by atoms with Crippen LogP contribution in [-0.2, 0) is 15.6 Å². The fourth-order valence-electron chi connectivity index (χ4n) is 1.44. The molecule has 1 atom stereocenters. The lowest BCUT2D eigenvalue weighted by atomic mass is 10.2. The molecule has 1 aliphatic heterocycles.